The van der Waals surface area contributed by atoms with Crippen molar-refractivity contribution in [3.05, 3.63) is 51.4 Å². The van der Waals surface area contributed by atoms with E-state index in [9.17, 15) is 4.79 Å². The number of carbonyl (C=O) groups excluding carboxylic acids is 1. The van der Waals surface area contributed by atoms with Crippen LogP contribution in [0.3, 0.4) is 0 Å². The van der Waals surface area contributed by atoms with Crippen LogP contribution in [-0.4, -0.2) is 15.9 Å². The van der Waals surface area contributed by atoms with E-state index in [0.29, 0.717) is 5.02 Å². The third-order valence-electron chi connectivity index (χ3n) is 2.02. The van der Waals surface area contributed by atoms with Crippen LogP contribution in [0.25, 0.3) is 0 Å². The lowest BCUT2D eigenvalue weighted by atomic mass is 10.2. The maximum absolute atomic E-state index is 11.9. The molecule has 2 heterocycles. The van der Waals surface area contributed by atoms with Gasteiger partial charge >= 0.3 is 0 Å². The molecule has 0 saturated heterocycles. The summed E-state index contributed by atoms with van der Waals surface area (Å²) in [7, 11) is 0. The number of hydrogen-bond acceptors (Lipinski definition) is 3. The van der Waals surface area contributed by atoms with Gasteiger partial charge in [-0.2, -0.15) is 0 Å². The summed E-state index contributed by atoms with van der Waals surface area (Å²) in [5.41, 5.74) is 0.279. The summed E-state index contributed by atoms with van der Waals surface area (Å²) in [4.78, 5) is 19.6. The minimum Gasteiger partial charge on any atom is -0.305 e. The van der Waals surface area contributed by atoms with E-state index < -0.39 is 5.91 Å². The monoisotopic (exact) mass is 301 g/mol. The number of aromatic nitrogens is 2. The topological polar surface area (TPSA) is 54.9 Å². The highest BCUT2D eigenvalue weighted by Crippen LogP contribution is 2.20. The zero-order valence-electron chi connectivity index (χ0n) is 8.82. The number of carbonyl (C=O) groups is 1. The van der Waals surface area contributed by atoms with Gasteiger partial charge in [-0.05, 0) is 24.3 Å². The first-order chi connectivity index (χ1) is 8.56. The Morgan fingerprint density at radius 1 is 1.17 bits per heavy atom. The molecule has 1 amide bonds. The predicted octanol–water partition coefficient (Wildman–Crippen LogP) is 3.69. The van der Waals surface area contributed by atoms with Crippen LogP contribution < -0.4 is 5.32 Å². The average molecular weight is 303 g/mol. The molecule has 0 aliphatic carbocycles. The molecule has 0 aromatic carbocycles. The maximum Gasteiger partial charge on any atom is 0.257 e. The number of rotatable bonds is 2. The first-order valence-electron chi connectivity index (χ1n) is 4.81. The van der Waals surface area contributed by atoms with Gasteiger partial charge in [0.1, 0.15) is 10.3 Å². The number of nitrogens with one attached hydrogen (secondary N) is 1. The van der Waals surface area contributed by atoms with Crippen molar-refractivity contribution in [2.45, 2.75) is 0 Å². The third-order valence-corrected chi connectivity index (χ3v) is 2.71. The second kappa shape index (κ2) is 5.52. The molecule has 7 heteroatoms. The number of nitrogens with zero attached hydrogens (tertiary/aromatic N) is 2. The highest BCUT2D eigenvalue weighted by Gasteiger charge is 2.11. The first kappa shape index (κ1) is 13.1. The average Bonchev–Trinajstić information content (AvgIpc) is 2.31. The van der Waals surface area contributed by atoms with Crippen LogP contribution in [0.4, 0.5) is 5.82 Å². The standard InChI is InChI=1S/C11H6Cl3N3O/c12-7-2-1-3-15-10(7)17-11(18)6-4-8(13)16-9(14)5-6/h1-5H,(H,15,17,18). The highest BCUT2D eigenvalue weighted by atomic mass is 35.5. The molecule has 0 aliphatic rings. The molecule has 0 fully saturated rings. The minimum atomic E-state index is -0.415. The molecule has 1 N–H and O–H groups in total. The molecule has 0 bridgehead atoms. The second-order valence-corrected chi connectivity index (χ2v) is 4.47. The molecule has 0 saturated carbocycles. The van der Waals surface area contributed by atoms with Gasteiger partial charge in [0.15, 0.2) is 5.82 Å². The van der Waals surface area contributed by atoms with Gasteiger partial charge in [-0.25, -0.2) is 9.97 Å². The van der Waals surface area contributed by atoms with Gasteiger partial charge in [0.2, 0.25) is 0 Å². The number of halogens is 3. The van der Waals surface area contributed by atoms with Gasteiger partial charge < -0.3 is 5.32 Å². The molecule has 18 heavy (non-hydrogen) atoms. The van der Waals surface area contributed by atoms with Crippen molar-refractivity contribution < 1.29 is 4.79 Å². The van der Waals surface area contributed by atoms with Gasteiger partial charge in [-0.1, -0.05) is 34.8 Å². The number of amides is 1. The van der Waals surface area contributed by atoms with E-state index in [2.05, 4.69) is 15.3 Å². The van der Waals surface area contributed by atoms with Crippen molar-refractivity contribution in [1.82, 2.24) is 9.97 Å². The summed E-state index contributed by atoms with van der Waals surface area (Å²) in [5, 5.41) is 3.18. The molecule has 2 aromatic rings. The highest BCUT2D eigenvalue weighted by molar-refractivity contribution is 6.34. The molecule has 92 valence electrons. The molecular weight excluding hydrogens is 296 g/mol. The van der Waals surface area contributed by atoms with Gasteiger partial charge in [0.05, 0.1) is 5.02 Å². The molecule has 2 aromatic heterocycles. The minimum absolute atomic E-state index is 0.139. The van der Waals surface area contributed by atoms with Crippen molar-refractivity contribution in [3.63, 3.8) is 0 Å². The Morgan fingerprint density at radius 3 is 2.44 bits per heavy atom. The van der Waals surface area contributed by atoms with E-state index in [1.54, 1.807) is 12.1 Å². The SMILES string of the molecule is O=C(Nc1ncccc1Cl)c1cc(Cl)nc(Cl)c1. The second-order valence-electron chi connectivity index (χ2n) is 3.29. The van der Waals surface area contributed by atoms with Crippen molar-refractivity contribution in [3.8, 4) is 0 Å². The normalized spacial score (nSPS) is 10.2. The molecule has 2 rings (SSSR count). The van der Waals surface area contributed by atoms with Gasteiger partial charge in [-0.3, -0.25) is 4.79 Å². The maximum atomic E-state index is 11.9. The van der Waals surface area contributed by atoms with E-state index >= 15 is 0 Å². The van der Waals surface area contributed by atoms with E-state index in [4.69, 9.17) is 34.8 Å². The van der Waals surface area contributed by atoms with Gasteiger partial charge in [0, 0.05) is 11.8 Å². The van der Waals surface area contributed by atoms with Crippen LogP contribution in [0, 0.1) is 0 Å². The van der Waals surface area contributed by atoms with E-state index in [1.165, 1.54) is 18.3 Å². The Hall–Kier alpha value is -1.36. The molecule has 4 nitrogen and oxygen atoms in total. The Morgan fingerprint density at radius 2 is 1.83 bits per heavy atom. The molecule has 0 radical (unpaired) electrons. The Labute approximate surface area is 118 Å². The van der Waals surface area contributed by atoms with Crippen molar-refractivity contribution >= 4 is 46.5 Å². The quantitative estimate of drug-likeness (QED) is 0.861. The molecule has 0 unspecified atom stereocenters. The van der Waals surface area contributed by atoms with E-state index in [1.807, 2.05) is 0 Å². The number of hydrogen-bond donors (Lipinski definition) is 1. The molecule has 0 atom stereocenters. The smallest absolute Gasteiger partial charge is 0.257 e. The van der Waals surface area contributed by atoms with Gasteiger partial charge in [-0.15, -0.1) is 0 Å². The zero-order valence-corrected chi connectivity index (χ0v) is 11.1. The fourth-order valence-electron chi connectivity index (χ4n) is 1.25. The summed E-state index contributed by atoms with van der Waals surface area (Å²) >= 11 is 17.3. The van der Waals surface area contributed by atoms with Crippen LogP contribution in [-0.2, 0) is 0 Å². The van der Waals surface area contributed by atoms with Crippen molar-refractivity contribution in [2.24, 2.45) is 0 Å². The van der Waals surface area contributed by atoms with Crippen LogP contribution in [0.2, 0.25) is 15.3 Å². The van der Waals surface area contributed by atoms with Crippen LogP contribution >= 0.6 is 34.8 Å². The lowest BCUT2D eigenvalue weighted by molar-refractivity contribution is 0.102. The Balaban J connectivity index is 2.25. The lowest BCUT2D eigenvalue weighted by Crippen LogP contribution is -2.13. The zero-order chi connectivity index (χ0) is 13.1. The first-order valence-corrected chi connectivity index (χ1v) is 5.94. The molecule has 0 aliphatic heterocycles. The van der Waals surface area contributed by atoms with Crippen molar-refractivity contribution in [1.29, 1.82) is 0 Å². The molecule has 0 spiro atoms. The van der Waals surface area contributed by atoms with E-state index in [0.717, 1.165) is 0 Å². The van der Waals surface area contributed by atoms with E-state index in [-0.39, 0.29) is 21.7 Å². The number of anilines is 1. The fraction of sp³-hybridized carbons (Fsp3) is 0. The van der Waals surface area contributed by atoms with Crippen LogP contribution in [0.15, 0.2) is 30.5 Å². The third kappa shape index (κ3) is 3.10. The summed E-state index contributed by atoms with van der Waals surface area (Å²) < 4.78 is 0. The van der Waals surface area contributed by atoms with Crippen LogP contribution in [0.1, 0.15) is 10.4 Å². The predicted molar refractivity (Wildman–Crippen MR) is 71.5 cm³/mol. The molecular formula is C11H6Cl3N3O. The summed E-state index contributed by atoms with van der Waals surface area (Å²) in [5.74, 6) is -0.143. The van der Waals surface area contributed by atoms with Crippen LogP contribution in [0.5, 0.6) is 0 Å². The summed E-state index contributed by atoms with van der Waals surface area (Å²) in [6, 6.07) is 6.09. The number of pyridine rings is 2. The van der Waals surface area contributed by atoms with Crippen molar-refractivity contribution in [2.75, 3.05) is 5.32 Å². The fourth-order valence-corrected chi connectivity index (χ4v) is 1.88. The summed E-state index contributed by atoms with van der Waals surface area (Å²) in [6.45, 7) is 0. The largest absolute Gasteiger partial charge is 0.305 e. The summed E-state index contributed by atoms with van der Waals surface area (Å²) in [6.07, 6.45) is 1.52. The van der Waals surface area contributed by atoms with Gasteiger partial charge in [0.25, 0.3) is 5.91 Å². The Kier molecular flexibility index (Phi) is 4.01. The lowest BCUT2D eigenvalue weighted by Gasteiger charge is -2.06. The Bertz CT molecular complexity index is 584.